The molecule has 7 heteroatoms. The molecule has 0 aromatic rings. The van der Waals surface area contributed by atoms with E-state index in [-0.39, 0.29) is 17.8 Å². The van der Waals surface area contributed by atoms with Gasteiger partial charge in [0.2, 0.25) is 0 Å². The van der Waals surface area contributed by atoms with Crippen LogP contribution in [0.5, 0.6) is 0 Å². The van der Waals surface area contributed by atoms with Gasteiger partial charge < -0.3 is 15.0 Å². The normalized spacial score (nSPS) is 26.2. The summed E-state index contributed by atoms with van der Waals surface area (Å²) in [5, 5.41) is 3.33. The summed E-state index contributed by atoms with van der Waals surface area (Å²) < 4.78 is 27.5. The second kappa shape index (κ2) is 7.56. The van der Waals surface area contributed by atoms with Crippen LogP contribution in [0, 0.1) is 0 Å². The number of methoxy groups -OCH3 is 1. The van der Waals surface area contributed by atoms with Crippen LogP contribution in [0.15, 0.2) is 0 Å². The van der Waals surface area contributed by atoms with E-state index in [9.17, 15) is 13.2 Å². The second-order valence-corrected chi connectivity index (χ2v) is 8.27. The van der Waals surface area contributed by atoms with Crippen molar-refractivity contribution in [1.29, 1.82) is 0 Å². The maximum Gasteiger partial charge on any atom is 0.326 e. The predicted octanol–water partition coefficient (Wildman–Crippen LogP) is 0.427. The Balaban J connectivity index is 2.67. The van der Waals surface area contributed by atoms with Crippen LogP contribution >= 0.6 is 0 Å². The monoisotopic (exact) mass is 320 g/mol. The van der Waals surface area contributed by atoms with Crippen molar-refractivity contribution >= 4 is 15.8 Å². The molecule has 1 saturated carbocycles. The Hall–Kier alpha value is -0.660. The first kappa shape index (κ1) is 18.4. The zero-order valence-electron chi connectivity index (χ0n) is 13.5. The molecular weight excluding hydrogens is 292 g/mol. The smallest absolute Gasteiger partial charge is 0.326 e. The first-order valence-corrected chi connectivity index (χ1v) is 9.51. The van der Waals surface area contributed by atoms with Gasteiger partial charge in [-0.2, -0.15) is 0 Å². The summed E-state index contributed by atoms with van der Waals surface area (Å²) in [6.07, 6.45) is 4.46. The molecule has 2 unspecified atom stereocenters. The Labute approximate surface area is 128 Å². The third kappa shape index (κ3) is 5.23. The Morgan fingerprint density at radius 2 is 2.14 bits per heavy atom. The fourth-order valence-electron chi connectivity index (χ4n) is 2.87. The van der Waals surface area contributed by atoms with Crippen molar-refractivity contribution in [2.45, 2.75) is 44.2 Å². The molecule has 21 heavy (non-hydrogen) atoms. The van der Waals surface area contributed by atoms with E-state index in [1.54, 1.807) is 0 Å². The predicted molar refractivity (Wildman–Crippen MR) is 83.0 cm³/mol. The van der Waals surface area contributed by atoms with Crippen LogP contribution < -0.4 is 5.32 Å². The topological polar surface area (TPSA) is 75.7 Å². The highest BCUT2D eigenvalue weighted by atomic mass is 32.2. The summed E-state index contributed by atoms with van der Waals surface area (Å²) in [5.74, 6) is -0.0666. The van der Waals surface area contributed by atoms with Crippen molar-refractivity contribution in [3.05, 3.63) is 0 Å². The molecule has 6 nitrogen and oxygen atoms in total. The number of esters is 1. The van der Waals surface area contributed by atoms with Crippen molar-refractivity contribution in [1.82, 2.24) is 10.2 Å². The van der Waals surface area contributed by atoms with Gasteiger partial charge in [-0.05, 0) is 39.3 Å². The number of carbonyl (C=O) groups excluding carboxylic acids is 1. The Kier molecular flexibility index (Phi) is 6.62. The van der Waals surface area contributed by atoms with Crippen molar-refractivity contribution in [2.24, 2.45) is 0 Å². The van der Waals surface area contributed by atoms with E-state index in [4.69, 9.17) is 4.74 Å². The number of ether oxygens (including phenoxy) is 1. The fraction of sp³-hybridized carbons (Fsp3) is 0.929. The van der Waals surface area contributed by atoms with Gasteiger partial charge in [0.25, 0.3) is 0 Å². The van der Waals surface area contributed by atoms with Gasteiger partial charge in [-0.1, -0.05) is 6.92 Å². The summed E-state index contributed by atoms with van der Waals surface area (Å²) in [6.45, 7) is 3.33. The summed E-state index contributed by atoms with van der Waals surface area (Å²) in [4.78, 5) is 14.2. The number of rotatable bonds is 8. The molecule has 1 N–H and O–H groups in total. The molecule has 0 radical (unpaired) electrons. The number of nitrogens with one attached hydrogen (secondary N) is 1. The average Bonchev–Trinajstić information content (AvgIpc) is 2.86. The van der Waals surface area contributed by atoms with Crippen LogP contribution in [0.1, 0.15) is 32.6 Å². The maximum atomic E-state index is 12.1. The number of sulfone groups is 1. The third-order valence-electron chi connectivity index (χ3n) is 4.22. The third-order valence-corrected chi connectivity index (χ3v) is 5.14. The zero-order chi connectivity index (χ0) is 16.1. The highest BCUT2D eigenvalue weighted by Crippen LogP contribution is 2.33. The largest absolute Gasteiger partial charge is 0.468 e. The second-order valence-electron chi connectivity index (χ2n) is 6.01. The number of nitrogens with zero attached hydrogens (tertiary/aromatic N) is 1. The molecule has 0 heterocycles. The molecule has 0 aromatic heterocycles. The first-order valence-electron chi connectivity index (χ1n) is 7.45. The first-order chi connectivity index (χ1) is 9.74. The van der Waals surface area contributed by atoms with Gasteiger partial charge in [-0.25, -0.2) is 8.42 Å². The quantitative estimate of drug-likeness (QED) is 0.654. The van der Waals surface area contributed by atoms with Gasteiger partial charge in [0.15, 0.2) is 0 Å². The van der Waals surface area contributed by atoms with E-state index >= 15 is 0 Å². The van der Waals surface area contributed by atoms with Gasteiger partial charge in [0.05, 0.1) is 12.9 Å². The molecular formula is C14H28N2O4S. The molecule has 124 valence electrons. The number of hydrogen-bond donors (Lipinski definition) is 1. The van der Waals surface area contributed by atoms with Crippen LogP contribution in [-0.2, 0) is 19.4 Å². The van der Waals surface area contributed by atoms with Crippen LogP contribution in [0.3, 0.4) is 0 Å². The van der Waals surface area contributed by atoms with Crippen molar-refractivity contribution < 1.29 is 17.9 Å². The molecule has 2 atom stereocenters. The lowest BCUT2D eigenvalue weighted by Gasteiger charge is -2.30. The van der Waals surface area contributed by atoms with Crippen LogP contribution in [0.2, 0.25) is 0 Å². The zero-order valence-corrected chi connectivity index (χ0v) is 14.3. The van der Waals surface area contributed by atoms with Gasteiger partial charge >= 0.3 is 5.97 Å². The average molecular weight is 320 g/mol. The van der Waals surface area contributed by atoms with Crippen LogP contribution in [0.25, 0.3) is 0 Å². The molecule has 0 aliphatic heterocycles. The van der Waals surface area contributed by atoms with E-state index in [0.29, 0.717) is 13.0 Å². The Morgan fingerprint density at radius 1 is 1.48 bits per heavy atom. The molecule has 0 bridgehead atoms. The van der Waals surface area contributed by atoms with Crippen molar-refractivity contribution in [2.75, 3.05) is 39.3 Å². The molecule has 0 amide bonds. The summed E-state index contributed by atoms with van der Waals surface area (Å²) in [7, 11) is 0.373. The summed E-state index contributed by atoms with van der Waals surface area (Å²) in [6, 6.07) is 0.204. The lowest BCUT2D eigenvalue weighted by molar-refractivity contribution is -0.148. The van der Waals surface area contributed by atoms with E-state index in [0.717, 1.165) is 25.8 Å². The molecule has 0 saturated heterocycles. The molecule has 1 aliphatic carbocycles. The minimum atomic E-state index is -2.96. The Morgan fingerprint density at radius 3 is 2.67 bits per heavy atom. The van der Waals surface area contributed by atoms with Crippen molar-refractivity contribution in [3.8, 4) is 0 Å². The summed E-state index contributed by atoms with van der Waals surface area (Å²) >= 11 is 0. The van der Waals surface area contributed by atoms with E-state index in [1.165, 1.54) is 13.4 Å². The molecule has 1 fully saturated rings. The molecule has 0 spiro atoms. The number of carbonyl (C=O) groups is 1. The highest BCUT2D eigenvalue weighted by Gasteiger charge is 2.46. The lowest BCUT2D eigenvalue weighted by atomic mass is 9.97. The van der Waals surface area contributed by atoms with E-state index in [1.807, 2.05) is 11.9 Å². The Bertz CT molecular complexity index is 452. The van der Waals surface area contributed by atoms with Crippen LogP contribution in [0.4, 0.5) is 0 Å². The van der Waals surface area contributed by atoms with Gasteiger partial charge in [0.1, 0.15) is 15.4 Å². The van der Waals surface area contributed by atoms with Gasteiger partial charge in [-0.3, -0.25) is 4.79 Å². The fourth-order valence-corrected chi connectivity index (χ4v) is 3.49. The maximum absolute atomic E-state index is 12.1. The van der Waals surface area contributed by atoms with E-state index < -0.39 is 15.4 Å². The molecule has 1 aliphatic rings. The molecule has 1 rings (SSSR count). The highest BCUT2D eigenvalue weighted by molar-refractivity contribution is 7.90. The standard InChI is InChI=1S/C14H28N2O4S/c1-5-8-15-14(13(17)20-3)7-6-12(11-14)16(2)9-10-21(4,18)19/h12,15H,5-11H2,1-4H3. The van der Waals surface area contributed by atoms with E-state index in [2.05, 4.69) is 12.2 Å². The van der Waals surface area contributed by atoms with Gasteiger partial charge in [-0.15, -0.1) is 0 Å². The van der Waals surface area contributed by atoms with Crippen molar-refractivity contribution in [3.63, 3.8) is 0 Å². The minimum absolute atomic E-state index is 0.146. The minimum Gasteiger partial charge on any atom is -0.468 e. The van der Waals surface area contributed by atoms with Gasteiger partial charge in [0, 0.05) is 18.8 Å². The lowest BCUT2D eigenvalue weighted by Crippen LogP contribution is -2.52. The SMILES string of the molecule is CCCNC1(C(=O)OC)CCC(N(C)CCS(C)(=O)=O)C1. The summed E-state index contributed by atoms with van der Waals surface area (Å²) in [5.41, 5.74) is -0.616. The van der Waals surface area contributed by atoms with Crippen LogP contribution in [-0.4, -0.2) is 70.1 Å². The number of hydrogen-bond acceptors (Lipinski definition) is 6. The molecule has 0 aromatic carbocycles.